The predicted octanol–water partition coefficient (Wildman–Crippen LogP) is 3.39. The SMILES string of the molecule is CC1c2cc(F)ccc2CCN1Cc1nnc(-c2cccnc2)o1. The Labute approximate surface area is 139 Å². The molecule has 0 radical (unpaired) electrons. The standard InChI is InChI=1S/C18H17FN4O/c1-12-16-9-15(19)5-4-13(16)6-8-23(12)11-17-21-22-18(24-17)14-3-2-7-20-10-14/h2-5,7,9-10,12H,6,8,11H2,1H3. The molecule has 6 heteroatoms. The lowest BCUT2D eigenvalue weighted by molar-refractivity contribution is 0.172. The lowest BCUT2D eigenvalue weighted by Crippen LogP contribution is -2.33. The summed E-state index contributed by atoms with van der Waals surface area (Å²) in [6.07, 6.45) is 4.29. The molecular weight excluding hydrogens is 307 g/mol. The molecule has 0 saturated carbocycles. The summed E-state index contributed by atoms with van der Waals surface area (Å²) in [6, 6.07) is 8.86. The van der Waals surface area contributed by atoms with Crippen LogP contribution in [-0.4, -0.2) is 26.6 Å². The number of hydrogen-bond donors (Lipinski definition) is 0. The highest BCUT2D eigenvalue weighted by Gasteiger charge is 2.25. The van der Waals surface area contributed by atoms with Crippen molar-refractivity contribution in [2.24, 2.45) is 0 Å². The summed E-state index contributed by atoms with van der Waals surface area (Å²) in [4.78, 5) is 6.28. The van der Waals surface area contributed by atoms with Crippen LogP contribution in [0.25, 0.3) is 11.5 Å². The molecule has 1 aliphatic rings. The van der Waals surface area contributed by atoms with Gasteiger partial charge in [0.1, 0.15) is 5.82 Å². The molecule has 4 rings (SSSR count). The van der Waals surface area contributed by atoms with E-state index in [2.05, 4.69) is 27.0 Å². The van der Waals surface area contributed by atoms with Gasteiger partial charge in [-0.1, -0.05) is 6.07 Å². The maximum absolute atomic E-state index is 13.5. The predicted molar refractivity (Wildman–Crippen MR) is 86.5 cm³/mol. The van der Waals surface area contributed by atoms with Crippen LogP contribution in [0.5, 0.6) is 0 Å². The molecule has 122 valence electrons. The van der Waals surface area contributed by atoms with Crippen LogP contribution >= 0.6 is 0 Å². The second kappa shape index (κ2) is 6.13. The van der Waals surface area contributed by atoms with Gasteiger partial charge in [-0.3, -0.25) is 9.88 Å². The molecule has 2 aromatic heterocycles. The lowest BCUT2D eigenvalue weighted by Gasteiger charge is -2.34. The Morgan fingerprint density at radius 1 is 1.29 bits per heavy atom. The topological polar surface area (TPSA) is 55.1 Å². The Kier molecular flexibility index (Phi) is 3.82. The normalized spacial score (nSPS) is 17.7. The average molecular weight is 324 g/mol. The number of fused-ring (bicyclic) bond motifs is 1. The first-order valence-electron chi connectivity index (χ1n) is 7.96. The lowest BCUT2D eigenvalue weighted by atomic mass is 9.93. The molecule has 1 unspecified atom stereocenters. The van der Waals surface area contributed by atoms with Gasteiger partial charge >= 0.3 is 0 Å². The van der Waals surface area contributed by atoms with Crippen LogP contribution in [0.1, 0.15) is 30.0 Å². The zero-order valence-corrected chi connectivity index (χ0v) is 13.3. The van der Waals surface area contributed by atoms with Crippen molar-refractivity contribution in [3.63, 3.8) is 0 Å². The van der Waals surface area contributed by atoms with Gasteiger partial charge in [-0.25, -0.2) is 4.39 Å². The summed E-state index contributed by atoms with van der Waals surface area (Å²) < 4.78 is 19.3. The molecule has 3 heterocycles. The highest BCUT2D eigenvalue weighted by atomic mass is 19.1. The van der Waals surface area contributed by atoms with E-state index in [1.54, 1.807) is 18.5 Å². The fraction of sp³-hybridized carbons (Fsp3) is 0.278. The largest absolute Gasteiger partial charge is 0.419 e. The van der Waals surface area contributed by atoms with E-state index in [4.69, 9.17) is 4.42 Å². The molecule has 0 fully saturated rings. The molecule has 0 amide bonds. The third-order valence-corrected chi connectivity index (χ3v) is 4.49. The maximum atomic E-state index is 13.5. The van der Waals surface area contributed by atoms with Gasteiger partial charge in [0.25, 0.3) is 0 Å². The van der Waals surface area contributed by atoms with Crippen LogP contribution in [0.15, 0.2) is 47.1 Å². The monoisotopic (exact) mass is 324 g/mol. The molecule has 1 aromatic carbocycles. The van der Waals surface area contributed by atoms with Crippen molar-refractivity contribution in [3.8, 4) is 11.5 Å². The van der Waals surface area contributed by atoms with Crippen LogP contribution in [0.3, 0.4) is 0 Å². The quantitative estimate of drug-likeness (QED) is 0.739. The van der Waals surface area contributed by atoms with Gasteiger partial charge in [0.05, 0.1) is 12.1 Å². The van der Waals surface area contributed by atoms with Crippen LogP contribution in [0.2, 0.25) is 0 Å². The molecule has 0 spiro atoms. The van der Waals surface area contributed by atoms with Crippen molar-refractivity contribution in [3.05, 3.63) is 65.6 Å². The second-order valence-electron chi connectivity index (χ2n) is 5.98. The van der Waals surface area contributed by atoms with E-state index in [-0.39, 0.29) is 11.9 Å². The third-order valence-electron chi connectivity index (χ3n) is 4.49. The molecule has 1 aliphatic heterocycles. The summed E-state index contributed by atoms with van der Waals surface area (Å²) in [5.41, 5.74) is 3.05. The van der Waals surface area contributed by atoms with Crippen LogP contribution in [0.4, 0.5) is 4.39 Å². The van der Waals surface area contributed by atoms with E-state index < -0.39 is 0 Å². The number of nitrogens with zero attached hydrogens (tertiary/aromatic N) is 4. The van der Waals surface area contributed by atoms with Crippen LogP contribution in [-0.2, 0) is 13.0 Å². The Balaban J connectivity index is 1.53. The van der Waals surface area contributed by atoms with Gasteiger partial charge in [0.2, 0.25) is 11.8 Å². The molecule has 1 atom stereocenters. The highest BCUT2D eigenvalue weighted by molar-refractivity contribution is 5.49. The molecule has 0 aliphatic carbocycles. The zero-order valence-electron chi connectivity index (χ0n) is 13.3. The molecular formula is C18H17FN4O. The zero-order chi connectivity index (χ0) is 16.5. The fourth-order valence-electron chi connectivity index (χ4n) is 3.15. The smallest absolute Gasteiger partial charge is 0.249 e. The van der Waals surface area contributed by atoms with E-state index in [0.717, 1.165) is 24.1 Å². The van der Waals surface area contributed by atoms with Gasteiger partial charge in [-0.15, -0.1) is 10.2 Å². The van der Waals surface area contributed by atoms with E-state index >= 15 is 0 Å². The van der Waals surface area contributed by atoms with E-state index in [1.807, 2.05) is 18.2 Å². The number of benzene rings is 1. The molecule has 0 saturated heterocycles. The highest BCUT2D eigenvalue weighted by Crippen LogP contribution is 2.31. The van der Waals surface area contributed by atoms with Gasteiger partial charge in [-0.2, -0.15) is 0 Å². The van der Waals surface area contributed by atoms with Crippen molar-refractivity contribution in [1.29, 1.82) is 0 Å². The second-order valence-corrected chi connectivity index (χ2v) is 5.98. The van der Waals surface area contributed by atoms with Crippen LogP contribution < -0.4 is 0 Å². The van der Waals surface area contributed by atoms with Crippen molar-refractivity contribution in [1.82, 2.24) is 20.1 Å². The van der Waals surface area contributed by atoms with Gasteiger partial charge in [0.15, 0.2) is 0 Å². The first-order chi connectivity index (χ1) is 11.7. The Morgan fingerprint density at radius 2 is 2.21 bits per heavy atom. The number of pyridine rings is 1. The van der Waals surface area contributed by atoms with Crippen molar-refractivity contribution in [2.45, 2.75) is 25.9 Å². The van der Waals surface area contributed by atoms with Crippen molar-refractivity contribution in [2.75, 3.05) is 6.54 Å². The fourth-order valence-corrected chi connectivity index (χ4v) is 3.15. The number of aromatic nitrogens is 3. The van der Waals surface area contributed by atoms with Gasteiger partial charge in [0, 0.05) is 25.0 Å². The van der Waals surface area contributed by atoms with Crippen LogP contribution in [0, 0.1) is 5.82 Å². The number of rotatable bonds is 3. The van der Waals surface area contributed by atoms with Gasteiger partial charge in [-0.05, 0) is 48.7 Å². The minimum atomic E-state index is -0.195. The molecule has 5 nitrogen and oxygen atoms in total. The minimum absolute atomic E-state index is 0.109. The molecule has 0 N–H and O–H groups in total. The Morgan fingerprint density at radius 3 is 3.04 bits per heavy atom. The Bertz CT molecular complexity index is 849. The molecule has 0 bridgehead atoms. The summed E-state index contributed by atoms with van der Waals surface area (Å²) >= 11 is 0. The third kappa shape index (κ3) is 2.80. The maximum Gasteiger partial charge on any atom is 0.249 e. The minimum Gasteiger partial charge on any atom is -0.419 e. The van der Waals surface area contributed by atoms with Crippen molar-refractivity contribution >= 4 is 0 Å². The van der Waals surface area contributed by atoms with E-state index in [0.29, 0.717) is 18.3 Å². The Hall–Kier alpha value is -2.60. The summed E-state index contributed by atoms with van der Waals surface area (Å²) in [7, 11) is 0. The number of hydrogen-bond acceptors (Lipinski definition) is 5. The average Bonchev–Trinajstić information content (AvgIpc) is 3.07. The first kappa shape index (κ1) is 15.0. The van der Waals surface area contributed by atoms with E-state index in [9.17, 15) is 4.39 Å². The van der Waals surface area contributed by atoms with E-state index in [1.165, 1.54) is 11.6 Å². The summed E-state index contributed by atoms with van der Waals surface area (Å²) in [5, 5.41) is 8.23. The molecule has 3 aromatic rings. The number of halogens is 1. The van der Waals surface area contributed by atoms with Crippen molar-refractivity contribution < 1.29 is 8.81 Å². The molecule has 24 heavy (non-hydrogen) atoms. The summed E-state index contributed by atoms with van der Waals surface area (Å²) in [5.74, 6) is 0.828. The first-order valence-corrected chi connectivity index (χ1v) is 7.96. The van der Waals surface area contributed by atoms with Gasteiger partial charge < -0.3 is 4.42 Å². The summed E-state index contributed by atoms with van der Waals surface area (Å²) in [6.45, 7) is 3.50.